The second-order valence-corrected chi connectivity index (χ2v) is 7.39. The van der Waals surface area contributed by atoms with Gasteiger partial charge in [-0.05, 0) is 12.5 Å². The highest BCUT2D eigenvalue weighted by Crippen LogP contribution is 2.40. The van der Waals surface area contributed by atoms with Gasteiger partial charge in [-0.3, -0.25) is 19.3 Å². The molecule has 2 heterocycles. The number of para-hydroxylation sites is 1. The maximum Gasteiger partial charge on any atom is 0.326 e. The number of carbonyl (C=O) groups is 4. The number of hydrogen-bond donors (Lipinski definition) is 2. The van der Waals surface area contributed by atoms with Gasteiger partial charge in [0.25, 0.3) is 11.8 Å². The summed E-state index contributed by atoms with van der Waals surface area (Å²) in [5.41, 5.74) is -0.685. The summed E-state index contributed by atoms with van der Waals surface area (Å²) >= 11 is 0. The minimum atomic E-state index is -1.25. The van der Waals surface area contributed by atoms with Gasteiger partial charge in [0.05, 0.1) is 6.61 Å². The minimum absolute atomic E-state index is 0.264. The summed E-state index contributed by atoms with van der Waals surface area (Å²) in [6, 6.07) is 6.32. The average Bonchev–Trinajstić information content (AvgIpc) is 2.97. The Morgan fingerprint density at radius 2 is 2.03 bits per heavy atom. The van der Waals surface area contributed by atoms with E-state index in [0.717, 1.165) is 30.6 Å². The SMILES string of the molecule is CCCCCCNC(=O)COC(=O)CN1C(=O)N[C@]2(CCOc3ccccc32)C1=O. The van der Waals surface area contributed by atoms with Gasteiger partial charge in [0.2, 0.25) is 0 Å². The van der Waals surface area contributed by atoms with Crippen molar-refractivity contribution in [2.75, 3.05) is 26.3 Å². The molecule has 9 nitrogen and oxygen atoms in total. The van der Waals surface area contributed by atoms with Gasteiger partial charge in [-0.1, -0.05) is 44.4 Å². The molecule has 4 amide bonds. The number of amides is 4. The molecule has 0 unspecified atom stereocenters. The van der Waals surface area contributed by atoms with Gasteiger partial charge in [-0.25, -0.2) is 4.79 Å². The number of fused-ring (bicyclic) bond motifs is 2. The van der Waals surface area contributed by atoms with Gasteiger partial charge < -0.3 is 20.1 Å². The molecule has 2 N–H and O–H groups in total. The van der Waals surface area contributed by atoms with Crippen molar-refractivity contribution in [3.05, 3.63) is 29.8 Å². The molecule has 1 aromatic carbocycles. The van der Waals surface area contributed by atoms with Gasteiger partial charge in [0.15, 0.2) is 12.1 Å². The Labute approximate surface area is 175 Å². The second-order valence-electron chi connectivity index (χ2n) is 7.39. The highest BCUT2D eigenvalue weighted by atomic mass is 16.5. The zero-order valence-corrected chi connectivity index (χ0v) is 17.1. The Morgan fingerprint density at radius 3 is 2.83 bits per heavy atom. The molecule has 1 spiro atoms. The molecule has 0 aromatic heterocycles. The molecule has 2 aliphatic rings. The molecule has 30 heavy (non-hydrogen) atoms. The van der Waals surface area contributed by atoms with E-state index in [0.29, 0.717) is 17.9 Å². The molecule has 1 fully saturated rings. The predicted octanol–water partition coefficient (Wildman–Crippen LogP) is 1.46. The van der Waals surface area contributed by atoms with E-state index in [2.05, 4.69) is 17.6 Å². The lowest BCUT2D eigenvalue weighted by atomic mass is 9.84. The predicted molar refractivity (Wildman–Crippen MR) is 107 cm³/mol. The van der Waals surface area contributed by atoms with Crippen LogP contribution in [-0.2, 0) is 24.7 Å². The summed E-state index contributed by atoms with van der Waals surface area (Å²) < 4.78 is 10.5. The zero-order chi connectivity index (χ0) is 21.6. The first-order chi connectivity index (χ1) is 14.5. The number of imide groups is 1. The van der Waals surface area contributed by atoms with Crippen LogP contribution in [0.3, 0.4) is 0 Å². The number of nitrogens with zero attached hydrogens (tertiary/aromatic N) is 1. The Morgan fingerprint density at radius 1 is 1.23 bits per heavy atom. The molecule has 1 saturated heterocycles. The number of benzene rings is 1. The maximum absolute atomic E-state index is 13.1. The smallest absolute Gasteiger partial charge is 0.326 e. The molecule has 0 radical (unpaired) electrons. The number of hydrogen-bond acceptors (Lipinski definition) is 6. The van der Waals surface area contributed by atoms with Crippen LogP contribution >= 0.6 is 0 Å². The molecule has 3 rings (SSSR count). The maximum atomic E-state index is 13.1. The quantitative estimate of drug-likeness (QED) is 0.357. The van der Waals surface area contributed by atoms with Gasteiger partial charge in [0, 0.05) is 18.5 Å². The minimum Gasteiger partial charge on any atom is -0.493 e. The fraction of sp³-hybridized carbons (Fsp3) is 0.524. The average molecular weight is 417 g/mol. The van der Waals surface area contributed by atoms with Crippen molar-refractivity contribution in [2.24, 2.45) is 0 Å². The lowest BCUT2D eigenvalue weighted by Gasteiger charge is -2.33. The third kappa shape index (κ3) is 4.55. The highest BCUT2D eigenvalue weighted by molar-refractivity contribution is 6.09. The fourth-order valence-corrected chi connectivity index (χ4v) is 3.67. The van der Waals surface area contributed by atoms with Gasteiger partial charge in [-0.15, -0.1) is 0 Å². The summed E-state index contributed by atoms with van der Waals surface area (Å²) in [6.07, 6.45) is 4.37. The van der Waals surface area contributed by atoms with E-state index in [9.17, 15) is 19.2 Å². The van der Waals surface area contributed by atoms with E-state index in [1.54, 1.807) is 24.3 Å². The van der Waals surface area contributed by atoms with Crippen LogP contribution in [0.2, 0.25) is 0 Å². The van der Waals surface area contributed by atoms with Crippen LogP contribution in [0, 0.1) is 0 Å². The van der Waals surface area contributed by atoms with Crippen LogP contribution in [0.25, 0.3) is 0 Å². The first-order valence-electron chi connectivity index (χ1n) is 10.3. The lowest BCUT2D eigenvalue weighted by Crippen LogP contribution is -2.47. The first kappa shape index (κ1) is 21.6. The van der Waals surface area contributed by atoms with Crippen molar-refractivity contribution in [3.8, 4) is 5.75 Å². The number of esters is 1. The van der Waals surface area contributed by atoms with E-state index < -0.39 is 42.5 Å². The molecule has 1 atom stereocenters. The molecule has 0 bridgehead atoms. The Bertz CT molecular complexity index is 827. The highest BCUT2D eigenvalue weighted by Gasteiger charge is 2.55. The lowest BCUT2D eigenvalue weighted by molar-refractivity contribution is -0.151. The summed E-state index contributed by atoms with van der Waals surface area (Å²) in [6.45, 7) is 1.89. The van der Waals surface area contributed by atoms with E-state index in [1.807, 2.05) is 0 Å². The van der Waals surface area contributed by atoms with Crippen molar-refractivity contribution < 1.29 is 28.7 Å². The van der Waals surface area contributed by atoms with Gasteiger partial charge in [-0.2, -0.15) is 0 Å². The number of rotatable bonds is 9. The van der Waals surface area contributed by atoms with Crippen LogP contribution in [0.1, 0.15) is 44.6 Å². The first-order valence-corrected chi connectivity index (χ1v) is 10.3. The summed E-state index contributed by atoms with van der Waals surface area (Å²) in [5.74, 6) is -1.23. The van der Waals surface area contributed by atoms with E-state index in [-0.39, 0.29) is 13.0 Å². The van der Waals surface area contributed by atoms with Crippen molar-refractivity contribution in [2.45, 2.75) is 44.6 Å². The van der Waals surface area contributed by atoms with E-state index in [4.69, 9.17) is 9.47 Å². The summed E-state index contributed by atoms with van der Waals surface area (Å²) in [5, 5.41) is 5.39. The zero-order valence-electron chi connectivity index (χ0n) is 17.1. The fourth-order valence-electron chi connectivity index (χ4n) is 3.67. The van der Waals surface area contributed by atoms with Gasteiger partial charge >= 0.3 is 12.0 Å². The standard InChI is InChI=1S/C21H27N3O6/c1-2-3-4-7-11-22-17(25)14-30-18(26)13-24-19(27)21(23-20(24)28)10-12-29-16-9-6-5-8-15(16)21/h5-6,8-9H,2-4,7,10-14H2,1H3,(H,22,25)(H,23,28)/t21-/m0/s1. The monoisotopic (exact) mass is 417 g/mol. The van der Waals surface area contributed by atoms with E-state index in [1.165, 1.54) is 0 Å². The van der Waals surface area contributed by atoms with Gasteiger partial charge in [0.1, 0.15) is 12.3 Å². The number of ether oxygens (including phenoxy) is 2. The molecule has 9 heteroatoms. The van der Waals surface area contributed by atoms with Crippen molar-refractivity contribution in [1.82, 2.24) is 15.5 Å². The molecule has 0 aliphatic carbocycles. The number of unbranched alkanes of at least 4 members (excludes halogenated alkanes) is 3. The van der Waals surface area contributed by atoms with Crippen molar-refractivity contribution in [3.63, 3.8) is 0 Å². The van der Waals surface area contributed by atoms with Crippen LogP contribution in [0.15, 0.2) is 24.3 Å². The normalized spacial score (nSPS) is 19.8. The number of urea groups is 1. The van der Waals surface area contributed by atoms with Crippen LogP contribution in [0.5, 0.6) is 5.75 Å². The molecular formula is C21H27N3O6. The van der Waals surface area contributed by atoms with E-state index >= 15 is 0 Å². The molecular weight excluding hydrogens is 390 g/mol. The third-order valence-electron chi connectivity index (χ3n) is 5.26. The number of nitrogens with one attached hydrogen (secondary N) is 2. The van der Waals surface area contributed by atoms with Crippen molar-refractivity contribution in [1.29, 1.82) is 0 Å². The van der Waals surface area contributed by atoms with Crippen LogP contribution in [-0.4, -0.2) is 55.0 Å². The Balaban J connectivity index is 1.53. The summed E-state index contributed by atoms with van der Waals surface area (Å²) in [4.78, 5) is 50.2. The largest absolute Gasteiger partial charge is 0.493 e. The Hall–Kier alpha value is -3.10. The topological polar surface area (TPSA) is 114 Å². The van der Waals surface area contributed by atoms with Crippen LogP contribution < -0.4 is 15.4 Å². The third-order valence-corrected chi connectivity index (χ3v) is 5.26. The molecule has 2 aliphatic heterocycles. The van der Waals surface area contributed by atoms with Crippen LogP contribution in [0.4, 0.5) is 4.79 Å². The Kier molecular flexibility index (Phi) is 6.91. The molecule has 162 valence electrons. The molecule has 1 aromatic rings. The molecule has 0 saturated carbocycles. The van der Waals surface area contributed by atoms with Crippen molar-refractivity contribution >= 4 is 23.8 Å². The summed E-state index contributed by atoms with van der Waals surface area (Å²) in [7, 11) is 0. The number of carbonyl (C=O) groups excluding carboxylic acids is 4. The second kappa shape index (κ2) is 9.60.